The van der Waals surface area contributed by atoms with Gasteiger partial charge in [-0.15, -0.1) is 0 Å². The molecule has 2 unspecified atom stereocenters. The molecule has 0 aliphatic heterocycles. The number of ether oxygens (including phenoxy) is 2. The largest absolute Gasteiger partial charge is 0.756 e. The average Bonchev–Trinajstić information content (AvgIpc) is 3.45. The van der Waals surface area contributed by atoms with Gasteiger partial charge in [0.15, 0.2) is 6.10 Å². The van der Waals surface area contributed by atoms with Crippen LogP contribution in [0.5, 0.6) is 0 Å². The van der Waals surface area contributed by atoms with E-state index in [1.54, 1.807) is 0 Å². The van der Waals surface area contributed by atoms with E-state index in [1.165, 1.54) is 302 Å². The number of nitrogens with zero attached hydrogens (tertiary/aromatic N) is 1. The summed E-state index contributed by atoms with van der Waals surface area (Å²) in [6, 6.07) is 0. The van der Waals surface area contributed by atoms with Crippen molar-refractivity contribution in [2.45, 2.75) is 380 Å². The summed E-state index contributed by atoms with van der Waals surface area (Å²) in [7, 11) is 1.19. The highest BCUT2D eigenvalue weighted by atomic mass is 31.2. The zero-order valence-corrected chi connectivity index (χ0v) is 56.4. The molecule has 486 valence electrons. The number of phosphoric ester groups is 1. The molecule has 0 heterocycles. The second-order valence-electron chi connectivity index (χ2n) is 26.0. The first-order valence-corrected chi connectivity index (χ1v) is 37.5. The lowest BCUT2D eigenvalue weighted by Crippen LogP contribution is -2.37. The molecule has 0 aromatic carbocycles. The number of hydrogen-bond acceptors (Lipinski definition) is 8. The summed E-state index contributed by atoms with van der Waals surface area (Å²) in [5, 5.41) is 0. The zero-order valence-electron chi connectivity index (χ0n) is 55.5. The molecular weight excluding hydrogens is 1040 g/mol. The standard InChI is InChI=1S/C72H140NO8P/c1-6-8-10-12-14-16-18-20-22-24-26-28-30-31-32-33-34-35-36-37-38-39-40-41-43-45-47-49-51-53-55-57-59-61-63-65-72(75)81-70(69-80-82(76,77)79-67-66-73(3,4)5)68-78-71(74)64-62-60-58-56-54-52-50-48-46-44-42-29-27-25-23-21-19-17-15-13-11-9-7-2/h18,20,24,26,70H,6-17,19,21-23,25,27-69H2,1-5H3/b20-18-,26-24-. The zero-order chi connectivity index (χ0) is 59.8. The van der Waals surface area contributed by atoms with Gasteiger partial charge in [-0.3, -0.25) is 14.2 Å². The molecule has 82 heavy (non-hydrogen) atoms. The molecule has 0 saturated carbocycles. The molecular formula is C72H140NO8P. The number of hydrogen-bond donors (Lipinski definition) is 0. The van der Waals surface area contributed by atoms with Crippen LogP contribution in [0.4, 0.5) is 0 Å². The number of carbonyl (C=O) groups is 2. The number of allylic oxidation sites excluding steroid dienone is 4. The van der Waals surface area contributed by atoms with Crippen LogP contribution in [0.2, 0.25) is 0 Å². The van der Waals surface area contributed by atoms with E-state index < -0.39 is 26.5 Å². The Bertz CT molecular complexity index is 1430. The molecule has 0 fully saturated rings. The molecule has 0 amide bonds. The Morgan fingerprint density at radius 1 is 0.378 bits per heavy atom. The monoisotopic (exact) mass is 1180 g/mol. The molecule has 0 aliphatic carbocycles. The molecule has 10 heteroatoms. The van der Waals surface area contributed by atoms with E-state index in [4.69, 9.17) is 18.5 Å². The number of likely N-dealkylation sites (N-methyl/N-ethyl adjacent to an activating group) is 1. The van der Waals surface area contributed by atoms with E-state index in [9.17, 15) is 19.0 Å². The van der Waals surface area contributed by atoms with Crippen molar-refractivity contribution in [3.63, 3.8) is 0 Å². The van der Waals surface area contributed by atoms with Crippen LogP contribution in [0.1, 0.15) is 373 Å². The Balaban J connectivity index is 3.94. The molecule has 9 nitrogen and oxygen atoms in total. The number of phosphoric acid groups is 1. The van der Waals surface area contributed by atoms with Crippen molar-refractivity contribution in [3.05, 3.63) is 24.3 Å². The van der Waals surface area contributed by atoms with Crippen molar-refractivity contribution in [2.75, 3.05) is 47.5 Å². The Kier molecular flexibility index (Phi) is 62.8. The Morgan fingerprint density at radius 3 is 0.963 bits per heavy atom. The smallest absolute Gasteiger partial charge is 0.306 e. The van der Waals surface area contributed by atoms with Gasteiger partial charge in [0.2, 0.25) is 0 Å². The molecule has 2 atom stereocenters. The third kappa shape index (κ3) is 67.6. The van der Waals surface area contributed by atoms with Gasteiger partial charge in [0.05, 0.1) is 27.7 Å². The minimum absolute atomic E-state index is 0.0263. The van der Waals surface area contributed by atoms with Gasteiger partial charge in [-0.2, -0.15) is 0 Å². The van der Waals surface area contributed by atoms with E-state index >= 15 is 0 Å². The molecule has 0 aromatic heterocycles. The van der Waals surface area contributed by atoms with Crippen LogP contribution in [0, 0.1) is 0 Å². The highest BCUT2D eigenvalue weighted by Crippen LogP contribution is 2.38. The quantitative estimate of drug-likeness (QED) is 0.0195. The van der Waals surface area contributed by atoms with E-state index in [1.807, 2.05) is 21.1 Å². The maximum Gasteiger partial charge on any atom is 0.306 e. The molecule has 0 saturated heterocycles. The highest BCUT2D eigenvalue weighted by Gasteiger charge is 2.22. The minimum atomic E-state index is -4.64. The van der Waals surface area contributed by atoms with Crippen molar-refractivity contribution in [1.82, 2.24) is 0 Å². The van der Waals surface area contributed by atoms with Crippen LogP contribution in [-0.2, 0) is 32.7 Å². The van der Waals surface area contributed by atoms with E-state index in [0.717, 1.165) is 38.5 Å². The predicted molar refractivity (Wildman–Crippen MR) is 351 cm³/mol. The summed E-state index contributed by atoms with van der Waals surface area (Å²) in [6.07, 6.45) is 79.9. The molecule has 0 spiro atoms. The highest BCUT2D eigenvalue weighted by molar-refractivity contribution is 7.45. The lowest BCUT2D eigenvalue weighted by Gasteiger charge is -2.28. The van der Waals surface area contributed by atoms with Crippen molar-refractivity contribution in [3.8, 4) is 0 Å². The normalized spacial score (nSPS) is 13.2. The van der Waals surface area contributed by atoms with E-state index in [-0.39, 0.29) is 32.0 Å². The third-order valence-corrected chi connectivity index (χ3v) is 17.4. The lowest BCUT2D eigenvalue weighted by atomic mass is 10.0. The fraction of sp³-hybridized carbons (Fsp3) is 0.917. The Hall–Kier alpha value is -1.51. The van der Waals surface area contributed by atoms with Crippen molar-refractivity contribution >= 4 is 19.8 Å². The number of rotatable bonds is 68. The average molecular weight is 1180 g/mol. The van der Waals surface area contributed by atoms with Crippen LogP contribution in [0.25, 0.3) is 0 Å². The Labute approximate surface area is 510 Å². The summed E-state index contributed by atoms with van der Waals surface area (Å²) in [6.45, 7) is 4.31. The summed E-state index contributed by atoms with van der Waals surface area (Å²) < 4.78 is 34.3. The van der Waals surface area contributed by atoms with Crippen LogP contribution < -0.4 is 4.89 Å². The van der Waals surface area contributed by atoms with Gasteiger partial charge < -0.3 is 27.9 Å². The van der Waals surface area contributed by atoms with Crippen molar-refractivity contribution in [1.29, 1.82) is 0 Å². The first-order valence-electron chi connectivity index (χ1n) is 36.0. The second-order valence-corrected chi connectivity index (χ2v) is 27.4. The Morgan fingerprint density at radius 2 is 0.659 bits per heavy atom. The molecule has 0 aliphatic rings. The topological polar surface area (TPSA) is 111 Å². The molecule has 0 aromatic rings. The van der Waals surface area contributed by atoms with E-state index in [2.05, 4.69) is 38.2 Å². The lowest BCUT2D eigenvalue weighted by molar-refractivity contribution is -0.870. The summed E-state index contributed by atoms with van der Waals surface area (Å²) in [5.74, 6) is -0.807. The van der Waals surface area contributed by atoms with Gasteiger partial charge >= 0.3 is 11.9 Å². The summed E-state index contributed by atoms with van der Waals surface area (Å²) in [5.41, 5.74) is 0. The van der Waals surface area contributed by atoms with Crippen LogP contribution in [0.3, 0.4) is 0 Å². The van der Waals surface area contributed by atoms with Gasteiger partial charge in [0, 0.05) is 12.8 Å². The summed E-state index contributed by atoms with van der Waals surface area (Å²) in [4.78, 5) is 38.1. The number of esters is 2. The number of unbranched alkanes of at least 4 members (excludes halogenated alkanes) is 50. The van der Waals surface area contributed by atoms with Crippen LogP contribution in [0.15, 0.2) is 24.3 Å². The van der Waals surface area contributed by atoms with Crippen LogP contribution in [-0.4, -0.2) is 70.0 Å². The maximum absolute atomic E-state index is 12.9. The number of carbonyl (C=O) groups excluding carboxylic acids is 2. The van der Waals surface area contributed by atoms with Gasteiger partial charge in [-0.05, 0) is 44.9 Å². The van der Waals surface area contributed by atoms with Gasteiger partial charge in [0.25, 0.3) is 7.82 Å². The fourth-order valence-corrected chi connectivity index (χ4v) is 11.7. The molecule has 0 rings (SSSR count). The predicted octanol–water partition coefficient (Wildman–Crippen LogP) is 22.6. The van der Waals surface area contributed by atoms with Crippen molar-refractivity contribution in [2.24, 2.45) is 0 Å². The van der Waals surface area contributed by atoms with Gasteiger partial charge in [-0.25, -0.2) is 0 Å². The van der Waals surface area contributed by atoms with Crippen LogP contribution >= 0.6 is 7.82 Å². The van der Waals surface area contributed by atoms with Gasteiger partial charge in [-0.1, -0.05) is 340 Å². The fourth-order valence-electron chi connectivity index (χ4n) is 10.9. The first kappa shape index (κ1) is 80.5. The molecule has 0 radical (unpaired) electrons. The second kappa shape index (κ2) is 64.0. The SMILES string of the molecule is CCCCCCC/C=C\C/C=C\CCCCCCCCCCCCCCCCCCCCCCCCCC(=O)OC(COC(=O)CCCCCCCCCCCCCCCCCCCCCCCCC)COP(=O)([O-])OCC[N+](C)(C)C. The number of quaternary nitrogens is 1. The maximum atomic E-state index is 12.9. The minimum Gasteiger partial charge on any atom is -0.756 e. The first-order chi connectivity index (χ1) is 40.0. The third-order valence-electron chi connectivity index (χ3n) is 16.5. The molecule has 0 N–H and O–H groups in total. The molecule has 0 bridgehead atoms. The van der Waals surface area contributed by atoms with Crippen molar-refractivity contribution < 1.29 is 42.1 Å². The van der Waals surface area contributed by atoms with E-state index in [0.29, 0.717) is 17.4 Å². The summed E-state index contributed by atoms with van der Waals surface area (Å²) >= 11 is 0. The van der Waals surface area contributed by atoms with Gasteiger partial charge in [0.1, 0.15) is 19.8 Å².